The highest BCUT2D eigenvalue weighted by Gasteiger charge is 2.29. The van der Waals surface area contributed by atoms with E-state index >= 15 is 0 Å². The highest BCUT2D eigenvalue weighted by molar-refractivity contribution is 9.10. The Hall–Kier alpha value is -2.67. The van der Waals surface area contributed by atoms with Crippen LogP contribution in [0.5, 0.6) is 11.5 Å². The van der Waals surface area contributed by atoms with Crippen LogP contribution in [0.4, 0.5) is 5.82 Å². The first-order valence-corrected chi connectivity index (χ1v) is 9.32. The summed E-state index contributed by atoms with van der Waals surface area (Å²) in [7, 11) is 3.17. The Kier molecular flexibility index (Phi) is 4.47. The van der Waals surface area contributed by atoms with Gasteiger partial charge in [0.2, 0.25) is 0 Å². The summed E-state index contributed by atoms with van der Waals surface area (Å²) in [4.78, 5) is 24.0. The number of methoxy groups -OCH3 is 2. The number of halogens is 1. The number of amides is 1. The molecule has 2 heterocycles. The van der Waals surface area contributed by atoms with Crippen molar-refractivity contribution < 1.29 is 14.3 Å². The Balaban J connectivity index is 1.90. The molecule has 1 amide bonds. The molecule has 0 saturated heterocycles. The minimum Gasteiger partial charge on any atom is -0.493 e. The van der Waals surface area contributed by atoms with Crippen molar-refractivity contribution in [1.82, 2.24) is 9.97 Å². The van der Waals surface area contributed by atoms with Gasteiger partial charge in [-0.15, -0.1) is 0 Å². The van der Waals surface area contributed by atoms with Gasteiger partial charge in [-0.25, -0.2) is 9.97 Å². The lowest BCUT2D eigenvalue weighted by atomic mass is 9.99. The lowest BCUT2D eigenvalue weighted by Gasteiger charge is -2.29. The second-order valence-corrected chi connectivity index (χ2v) is 7.15. The van der Waals surface area contributed by atoms with Crippen LogP contribution in [0.1, 0.15) is 21.7 Å². The number of hydrogen-bond acceptors (Lipinski definition) is 5. The fraction of sp³-hybridized carbons (Fsp3) is 0.250. The summed E-state index contributed by atoms with van der Waals surface area (Å²) in [6.07, 6.45) is 0.750. The quantitative estimate of drug-likeness (QED) is 0.633. The number of aryl methyl sites for hydroxylation is 1. The van der Waals surface area contributed by atoms with E-state index in [0.717, 1.165) is 21.8 Å². The third-order valence-corrected chi connectivity index (χ3v) is 5.47. The van der Waals surface area contributed by atoms with Crippen LogP contribution in [0.15, 0.2) is 34.8 Å². The van der Waals surface area contributed by atoms with Crippen molar-refractivity contribution in [2.45, 2.75) is 13.3 Å². The summed E-state index contributed by atoms with van der Waals surface area (Å²) in [6, 6.07) is 9.33. The van der Waals surface area contributed by atoms with Gasteiger partial charge >= 0.3 is 0 Å². The molecule has 1 aromatic heterocycles. The van der Waals surface area contributed by atoms with E-state index in [1.807, 2.05) is 37.3 Å². The normalized spacial score (nSPS) is 13.6. The van der Waals surface area contributed by atoms with Crippen LogP contribution in [0.25, 0.3) is 10.9 Å². The lowest BCUT2D eigenvalue weighted by molar-refractivity contribution is 0.0980. The molecule has 4 rings (SSSR count). The monoisotopic (exact) mass is 427 g/mol. The number of aromatic nitrogens is 2. The van der Waals surface area contributed by atoms with E-state index in [9.17, 15) is 4.79 Å². The molecule has 0 bridgehead atoms. The molecule has 0 spiro atoms. The molecular weight excluding hydrogens is 410 g/mol. The number of carbonyl (C=O) groups is 1. The number of nitrogens with zero attached hydrogens (tertiary/aromatic N) is 3. The Morgan fingerprint density at radius 3 is 2.59 bits per heavy atom. The summed E-state index contributed by atoms with van der Waals surface area (Å²) in [5, 5.41) is 0.755. The third-order valence-electron chi connectivity index (χ3n) is 4.73. The molecule has 6 nitrogen and oxygen atoms in total. The molecule has 1 aliphatic rings. The number of anilines is 1. The van der Waals surface area contributed by atoms with E-state index < -0.39 is 0 Å². The molecule has 0 fully saturated rings. The number of hydrogen-bond donors (Lipinski definition) is 0. The van der Waals surface area contributed by atoms with Crippen LogP contribution in [-0.4, -0.2) is 36.6 Å². The number of benzene rings is 2. The van der Waals surface area contributed by atoms with E-state index in [-0.39, 0.29) is 5.91 Å². The predicted molar refractivity (Wildman–Crippen MR) is 107 cm³/mol. The second kappa shape index (κ2) is 6.81. The molecule has 3 aromatic rings. The Morgan fingerprint density at radius 2 is 1.85 bits per heavy atom. The molecule has 138 valence electrons. The molecule has 0 atom stereocenters. The van der Waals surface area contributed by atoms with Crippen LogP contribution in [0.3, 0.4) is 0 Å². The first-order chi connectivity index (χ1) is 13.0. The summed E-state index contributed by atoms with van der Waals surface area (Å²) < 4.78 is 11.8. The minimum absolute atomic E-state index is 0.0632. The van der Waals surface area contributed by atoms with Crippen LogP contribution in [-0.2, 0) is 6.42 Å². The van der Waals surface area contributed by atoms with Gasteiger partial charge in [0.05, 0.1) is 19.7 Å². The van der Waals surface area contributed by atoms with Gasteiger partial charge in [0, 0.05) is 28.0 Å². The van der Waals surface area contributed by atoms with Gasteiger partial charge in [0.15, 0.2) is 11.5 Å². The molecule has 0 unspecified atom stereocenters. The summed E-state index contributed by atoms with van der Waals surface area (Å²) in [5.74, 6) is 2.29. The van der Waals surface area contributed by atoms with Gasteiger partial charge < -0.3 is 9.47 Å². The highest BCUT2D eigenvalue weighted by atomic mass is 79.9. The van der Waals surface area contributed by atoms with Crippen molar-refractivity contribution >= 4 is 38.6 Å². The Labute approximate surface area is 165 Å². The number of fused-ring (bicyclic) bond motifs is 2. The summed E-state index contributed by atoms with van der Waals surface area (Å²) >= 11 is 3.55. The van der Waals surface area contributed by atoms with Gasteiger partial charge in [-0.05, 0) is 37.1 Å². The van der Waals surface area contributed by atoms with Crippen molar-refractivity contribution in [2.75, 3.05) is 25.7 Å². The van der Waals surface area contributed by atoms with Gasteiger partial charge in [-0.3, -0.25) is 9.69 Å². The maximum absolute atomic E-state index is 13.2. The van der Waals surface area contributed by atoms with Gasteiger partial charge in [-0.2, -0.15) is 0 Å². The smallest absolute Gasteiger partial charge is 0.259 e. The van der Waals surface area contributed by atoms with E-state index in [4.69, 9.17) is 9.47 Å². The molecule has 0 aliphatic carbocycles. The maximum Gasteiger partial charge on any atom is 0.259 e. The summed E-state index contributed by atoms with van der Waals surface area (Å²) in [6.45, 7) is 2.37. The number of carbonyl (C=O) groups excluding carboxylic acids is 1. The largest absolute Gasteiger partial charge is 0.493 e. The second-order valence-electron chi connectivity index (χ2n) is 6.29. The zero-order valence-electron chi connectivity index (χ0n) is 15.2. The molecule has 0 radical (unpaired) electrons. The van der Waals surface area contributed by atoms with Gasteiger partial charge in [0.1, 0.15) is 11.6 Å². The number of ether oxygens (including phenoxy) is 2. The van der Waals surface area contributed by atoms with E-state index in [2.05, 4.69) is 25.9 Å². The Bertz CT molecular complexity index is 1070. The molecule has 7 heteroatoms. The topological polar surface area (TPSA) is 64.6 Å². The molecule has 0 saturated carbocycles. The third kappa shape index (κ3) is 2.92. The molecule has 2 aromatic carbocycles. The molecular formula is C20H18BrN3O3. The fourth-order valence-corrected chi connectivity index (χ4v) is 4.01. The zero-order chi connectivity index (χ0) is 19.1. The van der Waals surface area contributed by atoms with E-state index in [1.165, 1.54) is 0 Å². The van der Waals surface area contributed by atoms with E-state index in [1.54, 1.807) is 19.1 Å². The maximum atomic E-state index is 13.2. The molecule has 0 N–H and O–H groups in total. The van der Waals surface area contributed by atoms with Gasteiger partial charge in [0.25, 0.3) is 5.91 Å². The summed E-state index contributed by atoms with van der Waals surface area (Å²) in [5.41, 5.74) is 2.44. The van der Waals surface area contributed by atoms with Crippen molar-refractivity contribution in [3.8, 4) is 11.5 Å². The van der Waals surface area contributed by atoms with Crippen LogP contribution < -0.4 is 14.4 Å². The lowest BCUT2D eigenvalue weighted by Crippen LogP contribution is -2.38. The van der Waals surface area contributed by atoms with Crippen LogP contribution in [0, 0.1) is 6.92 Å². The molecule has 1 aliphatic heterocycles. The zero-order valence-corrected chi connectivity index (χ0v) is 16.8. The van der Waals surface area contributed by atoms with Crippen molar-refractivity contribution in [3.63, 3.8) is 0 Å². The average molecular weight is 428 g/mol. The van der Waals surface area contributed by atoms with E-state index in [0.29, 0.717) is 40.8 Å². The predicted octanol–water partition coefficient (Wildman–Crippen LogP) is 3.92. The minimum atomic E-state index is -0.0632. The molecule has 27 heavy (non-hydrogen) atoms. The SMILES string of the molecule is COc1cc2nc(C)nc(N3CCc4c(Br)cccc4C3=O)c2cc1OC. The average Bonchev–Trinajstić information content (AvgIpc) is 2.67. The highest BCUT2D eigenvalue weighted by Crippen LogP contribution is 2.37. The van der Waals surface area contributed by atoms with Crippen LogP contribution >= 0.6 is 15.9 Å². The first kappa shape index (κ1) is 17.7. The number of rotatable bonds is 3. The van der Waals surface area contributed by atoms with Gasteiger partial charge in [-0.1, -0.05) is 22.0 Å². The van der Waals surface area contributed by atoms with Crippen molar-refractivity contribution in [3.05, 3.63) is 51.8 Å². The first-order valence-electron chi connectivity index (χ1n) is 8.53. The van der Waals surface area contributed by atoms with Crippen molar-refractivity contribution in [1.29, 1.82) is 0 Å². The fourth-order valence-electron chi connectivity index (χ4n) is 3.44. The van der Waals surface area contributed by atoms with Crippen LogP contribution in [0.2, 0.25) is 0 Å². The standard InChI is InChI=1S/C20H18BrN3O3/c1-11-22-16-10-18(27-3)17(26-2)9-14(16)19(23-11)24-8-7-12-13(20(24)25)5-4-6-15(12)21/h4-6,9-10H,7-8H2,1-3H3. The van der Waals surface area contributed by atoms with Crippen molar-refractivity contribution in [2.24, 2.45) is 0 Å². The Morgan fingerprint density at radius 1 is 1.11 bits per heavy atom.